The number of aryl methyl sites for hydroxylation is 2. The molecule has 1 atom stereocenters. The molecule has 1 saturated heterocycles. The van der Waals surface area contributed by atoms with Crippen LogP contribution in [0.4, 0.5) is 11.5 Å². The highest BCUT2D eigenvalue weighted by atomic mass is 16.5. The van der Waals surface area contributed by atoms with Crippen molar-refractivity contribution < 1.29 is 14.3 Å². The van der Waals surface area contributed by atoms with E-state index in [4.69, 9.17) is 4.74 Å². The smallest absolute Gasteiger partial charge is 0.227 e. The van der Waals surface area contributed by atoms with Crippen molar-refractivity contribution in [1.82, 2.24) is 25.1 Å². The van der Waals surface area contributed by atoms with Crippen LogP contribution in [0.15, 0.2) is 42.7 Å². The number of hydrogen-bond donors (Lipinski definition) is 2. The summed E-state index contributed by atoms with van der Waals surface area (Å²) in [6.07, 6.45) is 1.67. The van der Waals surface area contributed by atoms with E-state index in [2.05, 4.69) is 25.7 Å². The molecule has 4 rings (SSSR count). The van der Waals surface area contributed by atoms with E-state index in [-0.39, 0.29) is 24.2 Å². The van der Waals surface area contributed by atoms with Crippen LogP contribution in [0.1, 0.15) is 17.8 Å². The highest BCUT2D eigenvalue weighted by Gasteiger charge is 2.34. The van der Waals surface area contributed by atoms with Crippen molar-refractivity contribution in [2.24, 2.45) is 5.92 Å². The van der Waals surface area contributed by atoms with Gasteiger partial charge in [0.05, 0.1) is 18.7 Å². The summed E-state index contributed by atoms with van der Waals surface area (Å²) < 4.78 is 6.91. The first kappa shape index (κ1) is 22.3. The Labute approximate surface area is 192 Å². The monoisotopic (exact) mass is 449 g/mol. The lowest BCUT2D eigenvalue weighted by Crippen LogP contribution is -2.35. The fourth-order valence-corrected chi connectivity index (χ4v) is 3.84. The van der Waals surface area contributed by atoms with Gasteiger partial charge in [0.15, 0.2) is 5.82 Å². The quantitative estimate of drug-likeness (QED) is 0.505. The van der Waals surface area contributed by atoms with Crippen molar-refractivity contribution in [3.8, 4) is 11.6 Å². The Bertz CT molecular complexity index is 1140. The topological polar surface area (TPSA) is 114 Å². The molecule has 0 radical (unpaired) electrons. The number of anilines is 2. The normalized spacial score (nSPS) is 15.5. The molecule has 1 fully saturated rings. The first-order chi connectivity index (χ1) is 15.9. The molecule has 1 aromatic carbocycles. The fraction of sp³-hybridized carbons (Fsp3) is 0.348. The number of carbonyl (C=O) groups excluding carboxylic acids is 2. The van der Waals surface area contributed by atoms with Gasteiger partial charge in [-0.1, -0.05) is 0 Å². The van der Waals surface area contributed by atoms with Crippen LogP contribution in [0.2, 0.25) is 0 Å². The van der Waals surface area contributed by atoms with Gasteiger partial charge in [-0.25, -0.2) is 14.6 Å². The van der Waals surface area contributed by atoms with E-state index in [9.17, 15) is 9.59 Å². The molecule has 3 heterocycles. The molecule has 0 saturated carbocycles. The zero-order valence-corrected chi connectivity index (χ0v) is 18.9. The maximum absolute atomic E-state index is 12.6. The van der Waals surface area contributed by atoms with Gasteiger partial charge in [0, 0.05) is 43.5 Å². The third kappa shape index (κ3) is 5.11. The molecule has 33 heavy (non-hydrogen) atoms. The molecule has 0 unspecified atom stereocenters. The van der Waals surface area contributed by atoms with Crippen LogP contribution in [-0.4, -0.2) is 58.3 Å². The van der Waals surface area contributed by atoms with Gasteiger partial charge in [-0.15, -0.1) is 0 Å². The van der Waals surface area contributed by atoms with E-state index in [0.29, 0.717) is 31.3 Å². The number of methoxy groups -OCH3 is 1. The average Bonchev–Trinajstić information content (AvgIpc) is 3.38. The van der Waals surface area contributed by atoms with Crippen molar-refractivity contribution in [3.63, 3.8) is 0 Å². The Balaban J connectivity index is 1.26. The zero-order chi connectivity index (χ0) is 23.4. The molecular weight excluding hydrogens is 422 g/mol. The highest BCUT2D eigenvalue weighted by Crippen LogP contribution is 2.26. The largest absolute Gasteiger partial charge is 0.497 e. The van der Waals surface area contributed by atoms with E-state index in [1.165, 1.54) is 6.33 Å². The third-order valence-corrected chi connectivity index (χ3v) is 5.49. The lowest BCUT2D eigenvalue weighted by molar-refractivity contribution is -0.126. The van der Waals surface area contributed by atoms with Gasteiger partial charge in [-0.3, -0.25) is 9.59 Å². The Hall–Kier alpha value is -3.95. The molecule has 0 aliphatic carbocycles. The van der Waals surface area contributed by atoms with Gasteiger partial charge in [-0.2, -0.15) is 5.10 Å². The minimum Gasteiger partial charge on any atom is -0.497 e. The molecular formula is C23H27N7O3. The number of hydrogen-bond acceptors (Lipinski definition) is 7. The van der Waals surface area contributed by atoms with E-state index in [1.807, 2.05) is 38.1 Å². The minimum atomic E-state index is -0.378. The van der Waals surface area contributed by atoms with Gasteiger partial charge in [0.25, 0.3) is 0 Å². The van der Waals surface area contributed by atoms with Crippen LogP contribution in [0.5, 0.6) is 5.75 Å². The Morgan fingerprint density at radius 3 is 2.64 bits per heavy atom. The maximum atomic E-state index is 12.6. The molecule has 1 aliphatic rings. The molecule has 0 spiro atoms. The van der Waals surface area contributed by atoms with E-state index in [1.54, 1.807) is 28.8 Å². The predicted octanol–water partition coefficient (Wildman–Crippen LogP) is 1.87. The first-order valence-electron chi connectivity index (χ1n) is 10.8. The van der Waals surface area contributed by atoms with Crippen molar-refractivity contribution in [2.45, 2.75) is 20.3 Å². The van der Waals surface area contributed by atoms with Gasteiger partial charge in [0.1, 0.15) is 17.9 Å². The number of benzene rings is 1. The van der Waals surface area contributed by atoms with Crippen LogP contribution >= 0.6 is 0 Å². The van der Waals surface area contributed by atoms with Gasteiger partial charge < -0.3 is 20.3 Å². The van der Waals surface area contributed by atoms with Crippen LogP contribution in [0, 0.1) is 19.8 Å². The molecule has 2 aromatic heterocycles. The molecule has 10 heteroatoms. The molecule has 2 N–H and O–H groups in total. The van der Waals surface area contributed by atoms with Crippen LogP contribution in [-0.2, 0) is 9.59 Å². The molecule has 3 aromatic rings. The van der Waals surface area contributed by atoms with E-state index in [0.717, 1.165) is 22.8 Å². The summed E-state index contributed by atoms with van der Waals surface area (Å²) in [6.45, 7) is 5.16. The van der Waals surface area contributed by atoms with Crippen molar-refractivity contribution in [1.29, 1.82) is 0 Å². The second-order valence-electron chi connectivity index (χ2n) is 7.92. The SMILES string of the molecule is COc1ccc(N2C[C@@H](C(=O)NCCNc3cc(-n4nc(C)cc4C)ncn3)CC2=O)cc1. The number of carbonyl (C=O) groups is 2. The second kappa shape index (κ2) is 9.68. The number of rotatable bonds is 8. The molecule has 172 valence electrons. The minimum absolute atomic E-state index is 0.0592. The lowest BCUT2D eigenvalue weighted by Gasteiger charge is -2.17. The van der Waals surface area contributed by atoms with E-state index < -0.39 is 0 Å². The summed E-state index contributed by atoms with van der Waals surface area (Å²) in [5, 5.41) is 10.5. The summed E-state index contributed by atoms with van der Waals surface area (Å²) in [5.41, 5.74) is 2.67. The zero-order valence-electron chi connectivity index (χ0n) is 18.9. The van der Waals surface area contributed by atoms with Crippen molar-refractivity contribution >= 4 is 23.3 Å². The van der Waals surface area contributed by atoms with Crippen LogP contribution in [0.25, 0.3) is 5.82 Å². The average molecular weight is 450 g/mol. The Kier molecular flexibility index (Phi) is 6.53. The Morgan fingerprint density at radius 1 is 1.15 bits per heavy atom. The number of nitrogens with one attached hydrogen (secondary N) is 2. The number of amides is 2. The third-order valence-electron chi connectivity index (χ3n) is 5.49. The number of nitrogens with zero attached hydrogens (tertiary/aromatic N) is 5. The highest BCUT2D eigenvalue weighted by molar-refractivity contribution is 6.00. The van der Waals surface area contributed by atoms with Gasteiger partial charge in [-0.05, 0) is 44.2 Å². The summed E-state index contributed by atoms with van der Waals surface area (Å²) >= 11 is 0. The molecule has 10 nitrogen and oxygen atoms in total. The van der Waals surface area contributed by atoms with Crippen LogP contribution < -0.4 is 20.3 Å². The first-order valence-corrected chi connectivity index (χ1v) is 10.8. The molecule has 1 aliphatic heterocycles. The van der Waals surface area contributed by atoms with Gasteiger partial charge >= 0.3 is 0 Å². The number of aromatic nitrogens is 4. The van der Waals surface area contributed by atoms with Crippen molar-refractivity contribution in [2.75, 3.05) is 37.0 Å². The summed E-state index contributed by atoms with van der Waals surface area (Å²) in [4.78, 5) is 35.1. The standard InChI is InChI=1S/C23H27N7O3/c1-15-10-16(2)30(28-15)21-12-20(26-14-27-21)24-8-9-25-23(32)17-11-22(31)29(13-17)18-4-6-19(33-3)7-5-18/h4-7,10,12,14,17H,8-9,11,13H2,1-3H3,(H,25,32)(H,24,26,27)/t17-/m0/s1. The van der Waals surface area contributed by atoms with E-state index >= 15 is 0 Å². The lowest BCUT2D eigenvalue weighted by atomic mass is 10.1. The Morgan fingerprint density at radius 2 is 1.94 bits per heavy atom. The fourth-order valence-electron chi connectivity index (χ4n) is 3.84. The summed E-state index contributed by atoms with van der Waals surface area (Å²) in [7, 11) is 1.59. The van der Waals surface area contributed by atoms with Crippen LogP contribution in [0.3, 0.4) is 0 Å². The predicted molar refractivity (Wildman–Crippen MR) is 124 cm³/mol. The van der Waals surface area contributed by atoms with Gasteiger partial charge in [0.2, 0.25) is 11.8 Å². The number of ether oxygens (including phenoxy) is 1. The maximum Gasteiger partial charge on any atom is 0.227 e. The second-order valence-corrected chi connectivity index (χ2v) is 7.92. The summed E-state index contributed by atoms with van der Waals surface area (Å²) in [5.74, 6) is 1.46. The molecule has 2 amide bonds. The summed E-state index contributed by atoms with van der Waals surface area (Å²) in [6, 6.07) is 11.0. The van der Waals surface area contributed by atoms with Crippen molar-refractivity contribution in [3.05, 3.63) is 54.1 Å². The molecule has 0 bridgehead atoms.